The molecule has 4 nitrogen and oxygen atoms in total. The highest BCUT2D eigenvalue weighted by Crippen LogP contribution is 2.08. The summed E-state index contributed by atoms with van der Waals surface area (Å²) in [5, 5.41) is 4.97. The molecule has 0 aliphatic carbocycles. The molecule has 1 amide bonds. The maximum Gasteiger partial charge on any atom is 0.284 e. The van der Waals surface area contributed by atoms with E-state index >= 15 is 0 Å². The molecule has 0 unspecified atom stereocenters. The molecule has 0 fully saturated rings. The lowest BCUT2D eigenvalue weighted by atomic mass is 10.2. The molecule has 0 aliphatic rings. The number of carbonyl (C=O) groups excluding carboxylic acids is 2. The zero-order valence-electron chi connectivity index (χ0n) is 13.3. The zero-order valence-corrected chi connectivity index (χ0v) is 13.3. The van der Waals surface area contributed by atoms with E-state index in [2.05, 4.69) is 10.6 Å². The Morgan fingerprint density at radius 2 is 1.24 bits per heavy atom. The van der Waals surface area contributed by atoms with E-state index in [-0.39, 0.29) is 18.4 Å². The molecule has 2 aromatic rings. The largest absolute Gasteiger partial charge is 0.346 e. The van der Waals surface area contributed by atoms with Crippen molar-refractivity contribution in [3.8, 4) is 0 Å². The molecule has 8 heteroatoms. The number of rotatable bonds is 5. The minimum atomic E-state index is -0.824. The first-order valence-corrected chi connectivity index (χ1v) is 7.11. The molecule has 2 N–H and O–H groups in total. The van der Waals surface area contributed by atoms with Gasteiger partial charge in [-0.2, -0.15) is 0 Å². The van der Waals surface area contributed by atoms with Crippen molar-refractivity contribution in [2.45, 2.75) is 13.1 Å². The molecule has 25 heavy (non-hydrogen) atoms. The van der Waals surface area contributed by atoms with E-state index in [4.69, 9.17) is 0 Å². The van der Waals surface area contributed by atoms with Gasteiger partial charge in [0, 0.05) is 25.2 Å². The van der Waals surface area contributed by atoms with Gasteiger partial charge < -0.3 is 10.6 Å². The van der Waals surface area contributed by atoms with Crippen LogP contribution in [0.3, 0.4) is 0 Å². The quantitative estimate of drug-likeness (QED) is 0.492. The van der Waals surface area contributed by atoms with E-state index in [1.54, 1.807) is 7.05 Å². The lowest BCUT2D eigenvalue weighted by Crippen LogP contribution is -2.23. The molecule has 0 aliphatic heterocycles. The molecule has 0 atom stereocenters. The SMILES string of the molecule is CNCc1cc(F)cc(F)c1.O=CC(=O)NCc1cc(F)cc(F)c1. The Morgan fingerprint density at radius 1 is 0.840 bits per heavy atom. The first-order chi connectivity index (χ1) is 11.8. The minimum absolute atomic E-state index is 0.0771. The second kappa shape index (κ2) is 10.2. The molecule has 0 spiro atoms. The highest BCUT2D eigenvalue weighted by Gasteiger charge is 2.02. The van der Waals surface area contributed by atoms with Gasteiger partial charge in [-0.05, 0) is 42.4 Å². The van der Waals surface area contributed by atoms with E-state index < -0.39 is 29.2 Å². The van der Waals surface area contributed by atoms with Crippen molar-refractivity contribution >= 4 is 12.2 Å². The Balaban J connectivity index is 0.000000257. The van der Waals surface area contributed by atoms with Crippen molar-refractivity contribution in [1.82, 2.24) is 10.6 Å². The van der Waals surface area contributed by atoms with E-state index in [0.717, 1.165) is 24.3 Å². The van der Waals surface area contributed by atoms with E-state index in [1.165, 1.54) is 12.1 Å². The van der Waals surface area contributed by atoms with Gasteiger partial charge in [0.15, 0.2) is 0 Å². The van der Waals surface area contributed by atoms with Crippen LogP contribution in [-0.4, -0.2) is 19.2 Å². The Kier molecular flexibility index (Phi) is 8.28. The normalized spacial score (nSPS) is 9.80. The summed E-state index contributed by atoms with van der Waals surface area (Å²) in [5.41, 5.74) is 0.878. The van der Waals surface area contributed by atoms with Crippen LogP contribution in [0.1, 0.15) is 11.1 Å². The van der Waals surface area contributed by atoms with Crippen LogP contribution in [0.25, 0.3) is 0 Å². The lowest BCUT2D eigenvalue weighted by molar-refractivity contribution is -0.131. The molecule has 2 aromatic carbocycles. The summed E-state index contributed by atoms with van der Waals surface area (Å²) in [6.07, 6.45) is 0.0929. The number of hydrogen-bond acceptors (Lipinski definition) is 3. The molecule has 0 radical (unpaired) electrons. The van der Waals surface area contributed by atoms with Crippen LogP contribution >= 0.6 is 0 Å². The molecule has 134 valence electrons. The van der Waals surface area contributed by atoms with E-state index in [9.17, 15) is 27.2 Å². The van der Waals surface area contributed by atoms with Crippen LogP contribution in [0.15, 0.2) is 36.4 Å². The summed E-state index contributed by atoms with van der Waals surface area (Å²) in [6, 6.07) is 6.35. The second-order valence-corrected chi connectivity index (χ2v) is 4.92. The average molecular weight is 356 g/mol. The highest BCUT2D eigenvalue weighted by atomic mass is 19.1. The second-order valence-electron chi connectivity index (χ2n) is 4.92. The first-order valence-electron chi connectivity index (χ1n) is 7.11. The standard InChI is InChI=1S/C9H7F2NO2.C8H9F2N/c10-7-1-6(2-8(11)3-7)4-12-9(14)5-13;1-11-5-6-2-7(9)4-8(10)3-6/h1-3,5H,4H2,(H,12,14);2-4,11H,5H2,1H3. The van der Waals surface area contributed by atoms with Gasteiger partial charge in [-0.15, -0.1) is 0 Å². The number of benzene rings is 2. The van der Waals surface area contributed by atoms with E-state index in [1.807, 2.05) is 0 Å². The Labute approximate surface area is 141 Å². The third-order valence-electron chi connectivity index (χ3n) is 2.80. The molecule has 2 rings (SSSR count). The monoisotopic (exact) mass is 356 g/mol. The molecule has 0 bridgehead atoms. The predicted molar refractivity (Wildman–Crippen MR) is 83.4 cm³/mol. The predicted octanol–water partition coefficient (Wildman–Crippen LogP) is 2.46. The Bertz CT molecular complexity index is 698. The van der Waals surface area contributed by atoms with Crippen LogP contribution in [0.5, 0.6) is 0 Å². The lowest BCUT2D eigenvalue weighted by Gasteiger charge is -2.01. The van der Waals surface area contributed by atoms with Crippen LogP contribution in [0.4, 0.5) is 17.6 Å². The number of nitrogens with one attached hydrogen (secondary N) is 2. The van der Waals surface area contributed by atoms with Crippen LogP contribution in [0.2, 0.25) is 0 Å². The Hall–Kier alpha value is -2.74. The van der Waals surface area contributed by atoms with Crippen LogP contribution in [-0.2, 0) is 22.7 Å². The van der Waals surface area contributed by atoms with E-state index in [0.29, 0.717) is 12.1 Å². The molecule has 0 aromatic heterocycles. The fraction of sp³-hybridized carbons (Fsp3) is 0.176. The van der Waals surface area contributed by atoms with Crippen molar-refractivity contribution < 1.29 is 27.2 Å². The third-order valence-corrected chi connectivity index (χ3v) is 2.80. The highest BCUT2D eigenvalue weighted by molar-refractivity contribution is 6.23. The summed E-state index contributed by atoms with van der Waals surface area (Å²) < 4.78 is 50.2. The Morgan fingerprint density at radius 3 is 1.60 bits per heavy atom. The maximum absolute atomic E-state index is 12.6. The molecular weight excluding hydrogens is 340 g/mol. The molecule has 0 heterocycles. The minimum Gasteiger partial charge on any atom is -0.346 e. The number of carbonyl (C=O) groups is 2. The fourth-order valence-corrected chi connectivity index (χ4v) is 1.86. The van der Waals surface area contributed by atoms with Gasteiger partial charge in [-0.25, -0.2) is 17.6 Å². The van der Waals surface area contributed by atoms with Crippen molar-refractivity contribution in [3.63, 3.8) is 0 Å². The van der Waals surface area contributed by atoms with Gasteiger partial charge in [-0.3, -0.25) is 9.59 Å². The van der Waals surface area contributed by atoms with Gasteiger partial charge >= 0.3 is 0 Å². The third kappa shape index (κ3) is 8.07. The summed E-state index contributed by atoms with van der Waals surface area (Å²) in [5.74, 6) is -3.33. The number of halogens is 4. The molecule has 0 saturated heterocycles. The zero-order chi connectivity index (χ0) is 18.8. The van der Waals surface area contributed by atoms with Gasteiger partial charge in [0.2, 0.25) is 6.29 Å². The number of amides is 1. The topological polar surface area (TPSA) is 58.2 Å². The van der Waals surface area contributed by atoms with Crippen LogP contribution in [0, 0.1) is 23.3 Å². The van der Waals surface area contributed by atoms with Gasteiger partial charge in [0.25, 0.3) is 5.91 Å². The molecule has 0 saturated carbocycles. The van der Waals surface area contributed by atoms with Crippen LogP contribution < -0.4 is 10.6 Å². The maximum atomic E-state index is 12.6. The fourth-order valence-electron chi connectivity index (χ4n) is 1.86. The summed E-state index contributed by atoms with van der Waals surface area (Å²) in [4.78, 5) is 20.4. The summed E-state index contributed by atoms with van der Waals surface area (Å²) in [7, 11) is 1.73. The van der Waals surface area contributed by atoms with Crippen molar-refractivity contribution in [2.24, 2.45) is 0 Å². The van der Waals surface area contributed by atoms with Gasteiger partial charge in [0.05, 0.1) is 0 Å². The average Bonchev–Trinajstić information content (AvgIpc) is 2.51. The summed E-state index contributed by atoms with van der Waals surface area (Å²) >= 11 is 0. The van der Waals surface area contributed by atoms with Crippen molar-refractivity contribution in [1.29, 1.82) is 0 Å². The summed E-state index contributed by atoms with van der Waals surface area (Å²) in [6.45, 7) is 0.404. The first kappa shape index (κ1) is 20.3. The van der Waals surface area contributed by atoms with Gasteiger partial charge in [0.1, 0.15) is 23.3 Å². The van der Waals surface area contributed by atoms with Crippen molar-refractivity contribution in [3.05, 3.63) is 70.8 Å². The smallest absolute Gasteiger partial charge is 0.284 e. The molecular formula is C17H16F4N2O2. The van der Waals surface area contributed by atoms with Gasteiger partial charge in [-0.1, -0.05) is 0 Å². The number of aldehydes is 1. The van der Waals surface area contributed by atoms with Crippen molar-refractivity contribution in [2.75, 3.05) is 7.05 Å². The number of hydrogen-bond donors (Lipinski definition) is 2.